The van der Waals surface area contributed by atoms with Gasteiger partial charge in [-0.2, -0.15) is 0 Å². The van der Waals surface area contributed by atoms with Crippen LogP contribution in [0.3, 0.4) is 0 Å². The van der Waals surface area contributed by atoms with Gasteiger partial charge in [0.2, 0.25) is 5.91 Å². The van der Waals surface area contributed by atoms with E-state index in [1.54, 1.807) is 11.9 Å². The van der Waals surface area contributed by atoms with E-state index in [1.807, 2.05) is 85.8 Å². The van der Waals surface area contributed by atoms with Crippen molar-refractivity contribution in [2.75, 3.05) is 13.7 Å². The standard InChI is InChI=1S/C26H27BrN2O3/c1-19-8-6-13-23(14-19)32-18-25(30)29(17-21-11-7-12-22(27)15-21)24(26(31)28-2)16-20-9-4-3-5-10-20/h3-15,24H,16-18H2,1-2H3,(H,28,31)/t24-/m1/s1. The van der Waals surface area contributed by atoms with Gasteiger partial charge in [-0.25, -0.2) is 0 Å². The number of halogens is 1. The fourth-order valence-electron chi connectivity index (χ4n) is 3.49. The van der Waals surface area contributed by atoms with E-state index in [1.165, 1.54) is 0 Å². The first-order valence-electron chi connectivity index (χ1n) is 10.4. The van der Waals surface area contributed by atoms with Crippen LogP contribution in [-0.2, 0) is 22.6 Å². The number of carbonyl (C=O) groups is 2. The Kier molecular flexibility index (Phi) is 8.45. The van der Waals surface area contributed by atoms with E-state index in [2.05, 4.69) is 21.2 Å². The lowest BCUT2D eigenvalue weighted by molar-refractivity contribution is -0.142. The third kappa shape index (κ3) is 6.69. The van der Waals surface area contributed by atoms with Gasteiger partial charge in [0.05, 0.1) is 0 Å². The molecular formula is C26H27BrN2O3. The molecule has 0 aliphatic rings. The highest BCUT2D eigenvalue weighted by Crippen LogP contribution is 2.19. The Labute approximate surface area is 197 Å². The van der Waals surface area contributed by atoms with Gasteiger partial charge >= 0.3 is 0 Å². The van der Waals surface area contributed by atoms with Crippen molar-refractivity contribution in [3.63, 3.8) is 0 Å². The van der Waals surface area contributed by atoms with Crippen LogP contribution in [-0.4, -0.2) is 36.4 Å². The molecule has 0 aromatic heterocycles. The van der Waals surface area contributed by atoms with E-state index in [9.17, 15) is 9.59 Å². The molecular weight excluding hydrogens is 468 g/mol. The number of benzene rings is 3. The van der Waals surface area contributed by atoms with Gasteiger partial charge in [0.15, 0.2) is 6.61 Å². The van der Waals surface area contributed by atoms with Gasteiger partial charge in [-0.05, 0) is 47.9 Å². The van der Waals surface area contributed by atoms with Crippen LogP contribution in [0.25, 0.3) is 0 Å². The van der Waals surface area contributed by atoms with Crippen molar-refractivity contribution in [1.82, 2.24) is 10.2 Å². The maximum Gasteiger partial charge on any atom is 0.261 e. The summed E-state index contributed by atoms with van der Waals surface area (Å²) in [6, 6.07) is 24.3. The Morgan fingerprint density at radius 3 is 2.38 bits per heavy atom. The highest BCUT2D eigenvalue weighted by atomic mass is 79.9. The lowest BCUT2D eigenvalue weighted by atomic mass is 10.0. The third-order valence-corrected chi connectivity index (χ3v) is 5.60. The number of aryl methyl sites for hydroxylation is 1. The van der Waals surface area contributed by atoms with E-state index in [4.69, 9.17) is 4.74 Å². The molecule has 6 heteroatoms. The van der Waals surface area contributed by atoms with Gasteiger partial charge in [0.25, 0.3) is 5.91 Å². The zero-order chi connectivity index (χ0) is 22.9. The molecule has 0 fully saturated rings. The van der Waals surface area contributed by atoms with Gasteiger partial charge in [-0.1, -0.05) is 70.5 Å². The zero-order valence-corrected chi connectivity index (χ0v) is 19.8. The average Bonchev–Trinajstić information content (AvgIpc) is 2.80. The second kappa shape index (κ2) is 11.5. The van der Waals surface area contributed by atoms with E-state index in [0.29, 0.717) is 18.7 Å². The predicted molar refractivity (Wildman–Crippen MR) is 129 cm³/mol. The van der Waals surface area contributed by atoms with Gasteiger partial charge in [-0.15, -0.1) is 0 Å². The quantitative estimate of drug-likeness (QED) is 0.475. The number of nitrogens with one attached hydrogen (secondary N) is 1. The molecule has 0 saturated heterocycles. The minimum atomic E-state index is -0.671. The fraction of sp³-hybridized carbons (Fsp3) is 0.231. The van der Waals surface area contributed by atoms with Crippen molar-refractivity contribution in [3.05, 3.63) is 100 Å². The Balaban J connectivity index is 1.87. The number of amides is 2. The molecule has 0 radical (unpaired) electrons. The number of nitrogens with zero attached hydrogens (tertiary/aromatic N) is 1. The first-order valence-corrected chi connectivity index (χ1v) is 11.2. The van der Waals surface area contributed by atoms with Crippen LogP contribution in [0.4, 0.5) is 0 Å². The molecule has 0 aliphatic heterocycles. The summed E-state index contributed by atoms with van der Waals surface area (Å²) in [4.78, 5) is 27.8. The van der Waals surface area contributed by atoms with E-state index in [-0.39, 0.29) is 18.4 Å². The molecule has 0 aliphatic carbocycles. The van der Waals surface area contributed by atoms with Crippen molar-refractivity contribution < 1.29 is 14.3 Å². The molecule has 166 valence electrons. The minimum absolute atomic E-state index is 0.153. The Morgan fingerprint density at radius 2 is 1.69 bits per heavy atom. The van der Waals surface area contributed by atoms with E-state index < -0.39 is 6.04 Å². The fourth-order valence-corrected chi connectivity index (χ4v) is 3.93. The maximum absolute atomic E-state index is 13.4. The molecule has 3 aromatic carbocycles. The number of likely N-dealkylation sites (N-methyl/N-ethyl adjacent to an activating group) is 1. The minimum Gasteiger partial charge on any atom is -0.484 e. The van der Waals surface area contributed by atoms with E-state index >= 15 is 0 Å². The van der Waals surface area contributed by atoms with Crippen LogP contribution in [0.2, 0.25) is 0 Å². The molecule has 0 saturated carbocycles. The smallest absolute Gasteiger partial charge is 0.261 e. The Hall–Kier alpha value is -3.12. The predicted octanol–water partition coefficient (Wildman–Crippen LogP) is 4.52. The Morgan fingerprint density at radius 1 is 0.969 bits per heavy atom. The van der Waals surface area contributed by atoms with Crippen LogP contribution in [0.5, 0.6) is 5.75 Å². The summed E-state index contributed by atoms with van der Waals surface area (Å²) in [6.45, 7) is 2.11. The van der Waals surface area contributed by atoms with Crippen molar-refractivity contribution in [2.24, 2.45) is 0 Å². The SMILES string of the molecule is CNC(=O)[C@@H](Cc1ccccc1)N(Cc1cccc(Br)c1)C(=O)COc1cccc(C)c1. The lowest BCUT2D eigenvalue weighted by Gasteiger charge is -2.31. The molecule has 0 heterocycles. The second-order valence-electron chi connectivity index (χ2n) is 7.58. The summed E-state index contributed by atoms with van der Waals surface area (Å²) < 4.78 is 6.69. The van der Waals surface area contributed by atoms with E-state index in [0.717, 1.165) is 21.2 Å². The first kappa shape index (κ1) is 23.5. The topological polar surface area (TPSA) is 58.6 Å². The number of rotatable bonds is 9. The molecule has 3 rings (SSSR count). The molecule has 1 atom stereocenters. The monoisotopic (exact) mass is 494 g/mol. The van der Waals surface area contributed by atoms with Crippen molar-refractivity contribution >= 4 is 27.7 Å². The van der Waals surface area contributed by atoms with Crippen LogP contribution >= 0.6 is 15.9 Å². The summed E-state index contributed by atoms with van der Waals surface area (Å²) in [6.07, 6.45) is 0.407. The molecule has 3 aromatic rings. The van der Waals surface area contributed by atoms with Crippen LogP contribution in [0.15, 0.2) is 83.3 Å². The van der Waals surface area contributed by atoms with Gasteiger partial charge < -0.3 is 15.0 Å². The molecule has 0 bridgehead atoms. The Bertz CT molecular complexity index is 1060. The normalized spacial score (nSPS) is 11.5. The number of carbonyl (C=O) groups excluding carboxylic acids is 2. The van der Waals surface area contributed by atoms with Gasteiger partial charge in [0.1, 0.15) is 11.8 Å². The maximum atomic E-state index is 13.4. The number of hydrogen-bond acceptors (Lipinski definition) is 3. The third-order valence-electron chi connectivity index (χ3n) is 5.11. The van der Waals surface area contributed by atoms with Crippen LogP contribution in [0, 0.1) is 6.92 Å². The summed E-state index contributed by atoms with van der Waals surface area (Å²) in [5.41, 5.74) is 2.95. The van der Waals surface area contributed by atoms with Crippen LogP contribution in [0.1, 0.15) is 16.7 Å². The number of hydrogen-bond donors (Lipinski definition) is 1. The van der Waals surface area contributed by atoms with Crippen molar-refractivity contribution in [1.29, 1.82) is 0 Å². The molecule has 0 spiro atoms. The summed E-state index contributed by atoms with van der Waals surface area (Å²) in [5.74, 6) is 0.157. The number of ether oxygens (including phenoxy) is 1. The summed E-state index contributed by atoms with van der Waals surface area (Å²) in [5, 5.41) is 2.72. The summed E-state index contributed by atoms with van der Waals surface area (Å²) in [7, 11) is 1.59. The molecule has 0 unspecified atom stereocenters. The molecule has 1 N–H and O–H groups in total. The lowest BCUT2D eigenvalue weighted by Crippen LogP contribution is -2.51. The first-order chi connectivity index (χ1) is 15.5. The summed E-state index contributed by atoms with van der Waals surface area (Å²) >= 11 is 3.48. The van der Waals surface area contributed by atoms with Gasteiger partial charge in [-0.3, -0.25) is 9.59 Å². The average molecular weight is 495 g/mol. The van der Waals surface area contributed by atoms with Crippen molar-refractivity contribution in [2.45, 2.75) is 25.9 Å². The largest absolute Gasteiger partial charge is 0.484 e. The van der Waals surface area contributed by atoms with Crippen LogP contribution < -0.4 is 10.1 Å². The van der Waals surface area contributed by atoms with Gasteiger partial charge in [0, 0.05) is 24.5 Å². The highest BCUT2D eigenvalue weighted by molar-refractivity contribution is 9.10. The molecule has 5 nitrogen and oxygen atoms in total. The molecule has 32 heavy (non-hydrogen) atoms. The molecule has 2 amide bonds. The highest BCUT2D eigenvalue weighted by Gasteiger charge is 2.30. The zero-order valence-electron chi connectivity index (χ0n) is 18.3. The second-order valence-corrected chi connectivity index (χ2v) is 8.49. The van der Waals surface area contributed by atoms with Crippen molar-refractivity contribution in [3.8, 4) is 5.75 Å².